The minimum Gasteiger partial charge on any atom is -0.483 e. The summed E-state index contributed by atoms with van der Waals surface area (Å²) in [5, 5.41) is 5.49. The fourth-order valence-electron chi connectivity index (χ4n) is 2.48. The largest absolute Gasteiger partial charge is 0.483 e. The van der Waals surface area contributed by atoms with Crippen LogP contribution in [-0.2, 0) is 11.3 Å². The van der Waals surface area contributed by atoms with Crippen molar-refractivity contribution < 1.29 is 18.7 Å². The monoisotopic (exact) mass is 442 g/mol. The van der Waals surface area contributed by atoms with Gasteiger partial charge in [0.25, 0.3) is 11.8 Å². The molecule has 1 aromatic heterocycles. The number of aryl methyl sites for hydroxylation is 1. The van der Waals surface area contributed by atoms with Gasteiger partial charge in [0, 0.05) is 11.3 Å². The molecule has 6 nitrogen and oxygen atoms in total. The first kappa shape index (κ1) is 19.7. The van der Waals surface area contributed by atoms with Crippen molar-refractivity contribution >= 4 is 33.4 Å². The van der Waals surface area contributed by atoms with Gasteiger partial charge in [-0.2, -0.15) is 0 Å². The van der Waals surface area contributed by atoms with E-state index in [4.69, 9.17) is 9.15 Å². The number of nitrogens with one attached hydrogen (secondary N) is 2. The first-order valence-corrected chi connectivity index (χ1v) is 9.40. The van der Waals surface area contributed by atoms with E-state index >= 15 is 0 Å². The topological polar surface area (TPSA) is 80.6 Å². The van der Waals surface area contributed by atoms with E-state index < -0.39 is 0 Å². The zero-order chi connectivity index (χ0) is 19.9. The molecule has 28 heavy (non-hydrogen) atoms. The van der Waals surface area contributed by atoms with E-state index in [0.29, 0.717) is 29.3 Å². The van der Waals surface area contributed by atoms with Gasteiger partial charge in [0.05, 0.1) is 17.3 Å². The van der Waals surface area contributed by atoms with Gasteiger partial charge in [0.2, 0.25) is 0 Å². The zero-order valence-electron chi connectivity index (χ0n) is 15.2. The molecule has 0 spiro atoms. The summed E-state index contributed by atoms with van der Waals surface area (Å²) in [7, 11) is 0. The Labute approximate surface area is 171 Å². The Morgan fingerprint density at radius 3 is 2.71 bits per heavy atom. The van der Waals surface area contributed by atoms with Gasteiger partial charge in [-0.1, -0.05) is 12.1 Å². The summed E-state index contributed by atoms with van der Waals surface area (Å²) in [5.74, 6) is 0.678. The normalized spacial score (nSPS) is 10.4. The van der Waals surface area contributed by atoms with Gasteiger partial charge in [-0.15, -0.1) is 0 Å². The number of hydrogen-bond acceptors (Lipinski definition) is 4. The first-order chi connectivity index (χ1) is 13.5. The predicted molar refractivity (Wildman–Crippen MR) is 109 cm³/mol. The van der Waals surface area contributed by atoms with Crippen molar-refractivity contribution in [3.8, 4) is 5.75 Å². The summed E-state index contributed by atoms with van der Waals surface area (Å²) >= 11 is 3.41. The lowest BCUT2D eigenvalue weighted by atomic mass is 10.2. The minimum absolute atomic E-state index is 0.142. The lowest BCUT2D eigenvalue weighted by Crippen LogP contribution is -2.23. The molecule has 0 unspecified atom stereocenters. The number of carbonyl (C=O) groups excluding carboxylic acids is 2. The van der Waals surface area contributed by atoms with Gasteiger partial charge in [-0.05, 0) is 70.9 Å². The zero-order valence-corrected chi connectivity index (χ0v) is 16.8. The van der Waals surface area contributed by atoms with Crippen LogP contribution in [-0.4, -0.2) is 18.4 Å². The van der Waals surface area contributed by atoms with E-state index in [0.717, 1.165) is 10.0 Å². The predicted octanol–water partition coefficient (Wildman–Crippen LogP) is 4.30. The Kier molecular flexibility index (Phi) is 6.49. The highest BCUT2D eigenvalue weighted by Gasteiger charge is 2.10. The first-order valence-electron chi connectivity index (χ1n) is 8.61. The van der Waals surface area contributed by atoms with Crippen LogP contribution in [0.4, 0.5) is 5.69 Å². The average Bonchev–Trinajstić information content (AvgIpc) is 3.19. The SMILES string of the molecule is Cc1ccc(OCC(=O)Nc2cccc(C(=O)NCc3ccco3)c2)c(Br)c1. The van der Waals surface area contributed by atoms with Gasteiger partial charge >= 0.3 is 0 Å². The van der Waals surface area contributed by atoms with Crippen LogP contribution in [0, 0.1) is 6.92 Å². The Bertz CT molecular complexity index is 970. The van der Waals surface area contributed by atoms with E-state index in [-0.39, 0.29) is 18.4 Å². The van der Waals surface area contributed by atoms with Gasteiger partial charge in [-0.3, -0.25) is 9.59 Å². The van der Waals surface area contributed by atoms with Gasteiger partial charge in [-0.25, -0.2) is 0 Å². The average molecular weight is 443 g/mol. The number of carbonyl (C=O) groups is 2. The second-order valence-electron chi connectivity index (χ2n) is 6.11. The number of furan rings is 1. The minimum atomic E-state index is -0.319. The molecule has 2 aromatic carbocycles. The molecule has 0 atom stereocenters. The number of halogens is 1. The van der Waals surface area contributed by atoms with Crippen LogP contribution < -0.4 is 15.4 Å². The van der Waals surface area contributed by atoms with Crippen LogP contribution in [0.3, 0.4) is 0 Å². The maximum atomic E-state index is 12.3. The molecule has 144 valence electrons. The molecule has 0 aliphatic heterocycles. The van der Waals surface area contributed by atoms with Crippen molar-refractivity contribution in [2.45, 2.75) is 13.5 Å². The molecule has 3 aromatic rings. The van der Waals surface area contributed by atoms with Crippen LogP contribution >= 0.6 is 15.9 Å². The lowest BCUT2D eigenvalue weighted by molar-refractivity contribution is -0.118. The van der Waals surface area contributed by atoms with Crippen LogP contribution in [0.5, 0.6) is 5.75 Å². The summed E-state index contributed by atoms with van der Waals surface area (Å²) in [6.07, 6.45) is 1.55. The van der Waals surface area contributed by atoms with E-state index in [1.807, 2.05) is 19.1 Å². The fourth-order valence-corrected chi connectivity index (χ4v) is 3.09. The Morgan fingerprint density at radius 1 is 1.11 bits per heavy atom. The fraction of sp³-hybridized carbons (Fsp3) is 0.143. The Morgan fingerprint density at radius 2 is 1.96 bits per heavy atom. The molecule has 0 fully saturated rings. The Hall–Kier alpha value is -3.06. The van der Waals surface area contributed by atoms with Gasteiger partial charge < -0.3 is 19.8 Å². The van der Waals surface area contributed by atoms with E-state index in [1.54, 1.807) is 48.7 Å². The highest BCUT2D eigenvalue weighted by Crippen LogP contribution is 2.25. The van der Waals surface area contributed by atoms with Gasteiger partial charge in [0.15, 0.2) is 6.61 Å². The molecular weight excluding hydrogens is 424 g/mol. The molecule has 0 bridgehead atoms. The van der Waals surface area contributed by atoms with Crippen molar-refractivity contribution in [1.29, 1.82) is 0 Å². The highest BCUT2D eigenvalue weighted by molar-refractivity contribution is 9.10. The van der Waals surface area contributed by atoms with Crippen LogP contribution in [0.25, 0.3) is 0 Å². The number of anilines is 1. The maximum absolute atomic E-state index is 12.3. The number of hydrogen-bond donors (Lipinski definition) is 2. The highest BCUT2D eigenvalue weighted by atomic mass is 79.9. The van der Waals surface area contributed by atoms with Crippen molar-refractivity contribution in [1.82, 2.24) is 5.32 Å². The summed E-state index contributed by atoms with van der Waals surface area (Å²) in [5.41, 5.74) is 2.04. The van der Waals surface area contributed by atoms with Gasteiger partial charge in [0.1, 0.15) is 11.5 Å². The standard InChI is InChI=1S/C21H19BrN2O4/c1-14-7-8-19(18(22)10-14)28-13-20(25)24-16-5-2-4-15(11-16)21(26)23-12-17-6-3-9-27-17/h2-11H,12-13H2,1H3,(H,23,26)(H,24,25). The van der Waals surface area contributed by atoms with E-state index in [2.05, 4.69) is 26.6 Å². The third kappa shape index (κ3) is 5.47. The second kappa shape index (κ2) is 9.23. The Balaban J connectivity index is 1.54. The number of rotatable bonds is 7. The number of amides is 2. The molecule has 0 aliphatic rings. The molecule has 0 radical (unpaired) electrons. The third-order valence-corrected chi connectivity index (χ3v) is 4.48. The molecule has 0 saturated carbocycles. The quantitative estimate of drug-likeness (QED) is 0.571. The smallest absolute Gasteiger partial charge is 0.262 e. The van der Waals surface area contributed by atoms with Crippen molar-refractivity contribution in [3.63, 3.8) is 0 Å². The number of benzene rings is 2. The maximum Gasteiger partial charge on any atom is 0.262 e. The molecule has 2 amide bonds. The molecule has 7 heteroatoms. The van der Waals surface area contributed by atoms with E-state index in [1.165, 1.54) is 0 Å². The summed E-state index contributed by atoms with van der Waals surface area (Å²) in [6, 6.07) is 15.9. The van der Waals surface area contributed by atoms with Crippen molar-refractivity contribution in [2.24, 2.45) is 0 Å². The second-order valence-corrected chi connectivity index (χ2v) is 6.97. The number of ether oxygens (including phenoxy) is 1. The molecule has 0 aliphatic carbocycles. The summed E-state index contributed by atoms with van der Waals surface area (Å²) < 4.78 is 11.5. The lowest BCUT2D eigenvalue weighted by Gasteiger charge is -2.10. The summed E-state index contributed by atoms with van der Waals surface area (Å²) in [4.78, 5) is 24.4. The molecule has 3 rings (SSSR count). The van der Waals surface area contributed by atoms with Crippen LogP contribution in [0.15, 0.2) is 69.8 Å². The summed E-state index contributed by atoms with van der Waals surface area (Å²) in [6.45, 7) is 2.12. The molecule has 2 N–H and O–H groups in total. The third-order valence-electron chi connectivity index (χ3n) is 3.86. The van der Waals surface area contributed by atoms with Crippen molar-refractivity contribution in [2.75, 3.05) is 11.9 Å². The molecule has 0 saturated heterocycles. The van der Waals surface area contributed by atoms with Crippen LogP contribution in [0.2, 0.25) is 0 Å². The molecule has 1 heterocycles. The van der Waals surface area contributed by atoms with Crippen molar-refractivity contribution in [3.05, 3.63) is 82.2 Å². The molecular formula is C21H19BrN2O4. The van der Waals surface area contributed by atoms with E-state index in [9.17, 15) is 9.59 Å². The van der Waals surface area contributed by atoms with Crippen LogP contribution in [0.1, 0.15) is 21.7 Å².